The fraction of sp³-hybridized carbons (Fsp3) is 0.333. The van der Waals surface area contributed by atoms with Gasteiger partial charge in [0, 0.05) is 30.7 Å². The Morgan fingerprint density at radius 3 is 2.74 bits per heavy atom. The Labute approximate surface area is 119 Å². The van der Waals surface area contributed by atoms with Gasteiger partial charge in [0.05, 0.1) is 10.5 Å². The molecule has 0 saturated heterocycles. The molecule has 0 spiro atoms. The summed E-state index contributed by atoms with van der Waals surface area (Å²) in [6.45, 7) is 5.74. The zero-order valence-corrected chi connectivity index (χ0v) is 12.2. The number of thiocarbonyl (C=S) groups is 1. The minimum Gasteiger partial charge on any atom is -0.392 e. The van der Waals surface area contributed by atoms with Crippen molar-refractivity contribution in [1.29, 1.82) is 0 Å². The van der Waals surface area contributed by atoms with Crippen LogP contribution < -0.4 is 5.73 Å². The highest BCUT2D eigenvalue weighted by atomic mass is 32.1. The van der Waals surface area contributed by atoms with Crippen molar-refractivity contribution in [3.63, 3.8) is 0 Å². The van der Waals surface area contributed by atoms with Crippen molar-refractivity contribution in [2.45, 2.75) is 26.4 Å². The first-order valence-corrected chi connectivity index (χ1v) is 6.83. The molecule has 2 N–H and O–H groups in total. The molecule has 0 fully saturated rings. The molecule has 2 rings (SSSR count). The molecular weight excluding hydrogens is 254 g/mol. The Morgan fingerprint density at radius 2 is 2.05 bits per heavy atom. The zero-order valence-electron chi connectivity index (χ0n) is 11.3. The van der Waals surface area contributed by atoms with Crippen LogP contribution in [0.2, 0.25) is 0 Å². The van der Waals surface area contributed by atoms with Gasteiger partial charge in [-0.05, 0) is 25.5 Å². The third kappa shape index (κ3) is 3.49. The van der Waals surface area contributed by atoms with E-state index in [1.807, 2.05) is 12.3 Å². The molecule has 0 atom stereocenters. The van der Waals surface area contributed by atoms with Gasteiger partial charge in [-0.15, -0.1) is 0 Å². The number of para-hydroxylation sites is 1. The quantitative estimate of drug-likeness (QED) is 0.851. The van der Waals surface area contributed by atoms with Gasteiger partial charge in [0.15, 0.2) is 0 Å². The highest BCUT2D eigenvalue weighted by Gasteiger charge is 2.13. The molecule has 0 aliphatic rings. The first kappa shape index (κ1) is 13.9. The van der Waals surface area contributed by atoms with Crippen LogP contribution in [0.5, 0.6) is 0 Å². The van der Waals surface area contributed by atoms with Crippen molar-refractivity contribution in [1.82, 2.24) is 9.88 Å². The summed E-state index contributed by atoms with van der Waals surface area (Å²) in [6.07, 6.45) is 1.83. The van der Waals surface area contributed by atoms with Crippen molar-refractivity contribution in [3.05, 3.63) is 42.1 Å². The summed E-state index contributed by atoms with van der Waals surface area (Å²) >= 11 is 5.02. The second-order valence-electron chi connectivity index (χ2n) is 4.96. The van der Waals surface area contributed by atoms with Crippen LogP contribution in [0.25, 0.3) is 10.9 Å². The Kier molecular flexibility index (Phi) is 4.45. The van der Waals surface area contributed by atoms with Gasteiger partial charge >= 0.3 is 0 Å². The molecule has 1 heterocycles. The lowest BCUT2D eigenvalue weighted by atomic mass is 10.1. The summed E-state index contributed by atoms with van der Waals surface area (Å²) in [5, 5.41) is 1.17. The van der Waals surface area contributed by atoms with Crippen molar-refractivity contribution >= 4 is 28.1 Å². The van der Waals surface area contributed by atoms with Crippen LogP contribution in [0, 0.1) is 0 Å². The van der Waals surface area contributed by atoms with Crippen molar-refractivity contribution in [3.8, 4) is 0 Å². The normalized spacial score (nSPS) is 11.4. The topological polar surface area (TPSA) is 42.1 Å². The van der Waals surface area contributed by atoms with Crippen molar-refractivity contribution < 1.29 is 0 Å². The highest BCUT2D eigenvalue weighted by molar-refractivity contribution is 7.80. The summed E-state index contributed by atoms with van der Waals surface area (Å²) < 4.78 is 0. The summed E-state index contributed by atoms with van der Waals surface area (Å²) in [5.41, 5.74) is 7.94. The molecule has 4 heteroatoms. The van der Waals surface area contributed by atoms with E-state index in [1.165, 1.54) is 10.9 Å². The molecule has 1 aromatic carbocycles. The number of hydrogen-bond donors (Lipinski definition) is 1. The maximum atomic E-state index is 5.67. The van der Waals surface area contributed by atoms with Crippen LogP contribution in [0.4, 0.5) is 0 Å². The lowest BCUT2D eigenvalue weighted by molar-refractivity contribution is 0.246. The average molecular weight is 273 g/mol. The summed E-state index contributed by atoms with van der Waals surface area (Å²) in [4.78, 5) is 7.27. The van der Waals surface area contributed by atoms with E-state index in [2.05, 4.69) is 48.0 Å². The molecule has 0 unspecified atom stereocenters. The number of rotatable bonds is 5. The highest BCUT2D eigenvalue weighted by Crippen LogP contribution is 2.18. The Bertz CT molecular complexity index is 575. The first-order valence-electron chi connectivity index (χ1n) is 6.43. The minimum absolute atomic E-state index is 0.389. The fourth-order valence-electron chi connectivity index (χ4n) is 2.14. The van der Waals surface area contributed by atoms with Gasteiger partial charge in [-0.25, -0.2) is 0 Å². The van der Waals surface area contributed by atoms with Gasteiger partial charge in [0.2, 0.25) is 0 Å². The molecule has 1 aromatic heterocycles. The molecule has 0 bridgehead atoms. The van der Waals surface area contributed by atoms with Gasteiger partial charge in [-0.1, -0.05) is 36.5 Å². The van der Waals surface area contributed by atoms with Crippen molar-refractivity contribution in [2.24, 2.45) is 5.73 Å². The summed E-state index contributed by atoms with van der Waals surface area (Å²) in [7, 11) is 0. The second-order valence-corrected chi connectivity index (χ2v) is 5.48. The van der Waals surface area contributed by atoms with E-state index < -0.39 is 0 Å². The third-order valence-corrected chi connectivity index (χ3v) is 3.31. The molecule has 0 aliphatic carbocycles. The molecule has 100 valence electrons. The maximum Gasteiger partial charge on any atom is 0.0870 e. The van der Waals surface area contributed by atoms with Gasteiger partial charge in [-0.2, -0.15) is 0 Å². The SMILES string of the molecule is CC(C)N(CC(N)=S)Cc1cccc2cccnc12. The number of nitrogens with two attached hydrogens (primary N) is 1. The maximum absolute atomic E-state index is 5.67. The smallest absolute Gasteiger partial charge is 0.0870 e. The van der Waals surface area contributed by atoms with Crippen LogP contribution in [-0.2, 0) is 6.54 Å². The molecule has 0 aliphatic heterocycles. The van der Waals surface area contributed by atoms with E-state index in [4.69, 9.17) is 18.0 Å². The number of hydrogen-bond acceptors (Lipinski definition) is 3. The molecule has 19 heavy (non-hydrogen) atoms. The Hall–Kier alpha value is -1.52. The molecule has 0 radical (unpaired) electrons. The van der Waals surface area contributed by atoms with Crippen LogP contribution in [0.15, 0.2) is 36.5 Å². The largest absolute Gasteiger partial charge is 0.392 e. The molecule has 3 nitrogen and oxygen atoms in total. The van der Waals surface area contributed by atoms with Crippen LogP contribution in [0.1, 0.15) is 19.4 Å². The first-order chi connectivity index (χ1) is 9.08. The molecule has 0 amide bonds. The zero-order chi connectivity index (χ0) is 13.8. The van der Waals surface area contributed by atoms with Gasteiger partial charge in [0.1, 0.15) is 0 Å². The van der Waals surface area contributed by atoms with E-state index in [9.17, 15) is 0 Å². The number of fused-ring (bicyclic) bond motifs is 1. The van der Waals surface area contributed by atoms with Crippen molar-refractivity contribution in [2.75, 3.05) is 6.54 Å². The van der Waals surface area contributed by atoms with Gasteiger partial charge < -0.3 is 5.73 Å². The van der Waals surface area contributed by atoms with E-state index in [1.54, 1.807) is 0 Å². The number of nitrogens with zero attached hydrogens (tertiary/aromatic N) is 2. The van der Waals surface area contributed by atoms with Crippen LogP contribution in [0.3, 0.4) is 0 Å². The van der Waals surface area contributed by atoms with Crippen LogP contribution >= 0.6 is 12.2 Å². The van der Waals surface area contributed by atoms with Gasteiger partial charge in [-0.3, -0.25) is 9.88 Å². The Morgan fingerprint density at radius 1 is 1.32 bits per heavy atom. The van der Waals surface area contributed by atoms with Gasteiger partial charge in [0.25, 0.3) is 0 Å². The number of aromatic nitrogens is 1. The lowest BCUT2D eigenvalue weighted by Crippen LogP contribution is -2.37. The molecule has 0 saturated carbocycles. The summed E-state index contributed by atoms with van der Waals surface area (Å²) in [5.74, 6) is 0. The predicted octanol–water partition coefficient (Wildman–Crippen LogP) is 2.73. The number of pyridine rings is 1. The standard InChI is InChI=1S/C15H19N3S/c1-11(2)18(10-14(16)19)9-13-6-3-5-12-7-4-8-17-15(12)13/h3-8,11H,9-10H2,1-2H3,(H2,16,19). The minimum atomic E-state index is 0.389. The van der Waals surface area contributed by atoms with Crippen LogP contribution in [-0.4, -0.2) is 27.5 Å². The monoisotopic (exact) mass is 273 g/mol. The third-order valence-electron chi connectivity index (χ3n) is 3.18. The molecular formula is C15H19N3S. The van der Waals surface area contributed by atoms with E-state index in [0.29, 0.717) is 17.6 Å². The second kappa shape index (κ2) is 6.08. The molecule has 2 aromatic rings. The van der Waals surface area contributed by atoms with E-state index >= 15 is 0 Å². The predicted molar refractivity (Wildman–Crippen MR) is 84.1 cm³/mol. The Balaban J connectivity index is 2.31. The van der Waals surface area contributed by atoms with E-state index in [0.717, 1.165) is 12.1 Å². The lowest BCUT2D eigenvalue weighted by Gasteiger charge is -2.26. The fourth-order valence-corrected chi connectivity index (χ4v) is 2.30. The average Bonchev–Trinajstić information content (AvgIpc) is 2.37. The van der Waals surface area contributed by atoms with E-state index in [-0.39, 0.29) is 0 Å². The summed E-state index contributed by atoms with van der Waals surface area (Å²) in [6, 6.07) is 10.7. The number of benzene rings is 1.